The maximum atomic E-state index is 12.0. The zero-order chi connectivity index (χ0) is 14.5. The van der Waals surface area contributed by atoms with E-state index < -0.39 is 6.10 Å². The molecule has 0 fully saturated rings. The fraction of sp³-hybridized carbons (Fsp3) is 0.267. The van der Waals surface area contributed by atoms with Crippen LogP contribution in [-0.2, 0) is 11.3 Å². The van der Waals surface area contributed by atoms with E-state index in [4.69, 9.17) is 16.3 Å². The van der Waals surface area contributed by atoms with Crippen molar-refractivity contribution in [2.45, 2.75) is 26.5 Å². The molecule has 0 saturated heterocycles. The number of amides is 1. The molecule has 5 heteroatoms. The maximum absolute atomic E-state index is 12.0. The molecule has 106 valence electrons. The number of hydrogen-bond donors (Lipinski definition) is 1. The molecule has 0 aliphatic carbocycles. The number of ether oxygens (including phenoxy) is 1. The molecule has 2 aromatic rings. The SMILES string of the molecule is Cc1ccc(Cl)c(O[C@@H](C)C(=O)NCc2cccs2)c1. The van der Waals surface area contributed by atoms with E-state index in [-0.39, 0.29) is 5.91 Å². The minimum atomic E-state index is -0.589. The van der Waals surface area contributed by atoms with Crippen molar-refractivity contribution in [2.24, 2.45) is 0 Å². The van der Waals surface area contributed by atoms with Gasteiger partial charge < -0.3 is 10.1 Å². The molecule has 1 N–H and O–H groups in total. The van der Waals surface area contributed by atoms with Crippen LogP contribution in [0.25, 0.3) is 0 Å². The summed E-state index contributed by atoms with van der Waals surface area (Å²) in [4.78, 5) is 13.1. The molecular weight excluding hydrogens is 294 g/mol. The number of carbonyl (C=O) groups is 1. The molecule has 3 nitrogen and oxygen atoms in total. The molecule has 0 radical (unpaired) electrons. The number of nitrogens with one attached hydrogen (secondary N) is 1. The van der Waals surface area contributed by atoms with Gasteiger partial charge in [0.1, 0.15) is 5.75 Å². The van der Waals surface area contributed by atoms with Crippen molar-refractivity contribution in [3.05, 3.63) is 51.2 Å². The molecule has 2 rings (SSSR count). The zero-order valence-electron chi connectivity index (χ0n) is 11.4. The lowest BCUT2D eigenvalue weighted by atomic mass is 10.2. The number of aryl methyl sites for hydroxylation is 1. The van der Waals surface area contributed by atoms with Gasteiger partial charge in [-0.3, -0.25) is 4.79 Å². The Morgan fingerprint density at radius 1 is 1.45 bits per heavy atom. The van der Waals surface area contributed by atoms with E-state index >= 15 is 0 Å². The van der Waals surface area contributed by atoms with Crippen LogP contribution in [-0.4, -0.2) is 12.0 Å². The molecule has 1 atom stereocenters. The minimum Gasteiger partial charge on any atom is -0.479 e. The first-order valence-corrected chi connectivity index (χ1v) is 7.55. The van der Waals surface area contributed by atoms with Gasteiger partial charge in [0.25, 0.3) is 5.91 Å². The van der Waals surface area contributed by atoms with Gasteiger partial charge in [0, 0.05) is 4.88 Å². The lowest BCUT2D eigenvalue weighted by Gasteiger charge is -2.15. The lowest BCUT2D eigenvalue weighted by Crippen LogP contribution is -2.35. The van der Waals surface area contributed by atoms with Gasteiger partial charge in [-0.2, -0.15) is 0 Å². The van der Waals surface area contributed by atoms with E-state index in [2.05, 4.69) is 5.32 Å². The van der Waals surface area contributed by atoms with Gasteiger partial charge in [0.15, 0.2) is 6.10 Å². The van der Waals surface area contributed by atoms with Crippen LogP contribution in [0.1, 0.15) is 17.4 Å². The third-order valence-corrected chi connectivity index (χ3v) is 3.97. The van der Waals surface area contributed by atoms with Gasteiger partial charge in [-0.1, -0.05) is 23.7 Å². The molecule has 1 amide bonds. The van der Waals surface area contributed by atoms with Gasteiger partial charge >= 0.3 is 0 Å². The number of thiophene rings is 1. The van der Waals surface area contributed by atoms with E-state index in [1.54, 1.807) is 24.3 Å². The summed E-state index contributed by atoms with van der Waals surface area (Å²) < 4.78 is 5.62. The molecule has 1 heterocycles. The van der Waals surface area contributed by atoms with Crippen LogP contribution in [0.2, 0.25) is 5.02 Å². The highest BCUT2D eigenvalue weighted by atomic mass is 35.5. The fourth-order valence-electron chi connectivity index (χ4n) is 1.68. The third-order valence-electron chi connectivity index (χ3n) is 2.78. The van der Waals surface area contributed by atoms with E-state index in [1.807, 2.05) is 36.6 Å². The predicted molar refractivity (Wildman–Crippen MR) is 82.4 cm³/mol. The predicted octanol–water partition coefficient (Wildman–Crippen LogP) is 3.79. The van der Waals surface area contributed by atoms with Crippen LogP contribution in [0, 0.1) is 6.92 Å². The van der Waals surface area contributed by atoms with Gasteiger partial charge in [-0.25, -0.2) is 0 Å². The maximum Gasteiger partial charge on any atom is 0.261 e. The summed E-state index contributed by atoms with van der Waals surface area (Å²) in [5, 5.41) is 5.33. The molecular formula is C15H16ClNO2S. The van der Waals surface area contributed by atoms with Crippen LogP contribution in [0.15, 0.2) is 35.7 Å². The van der Waals surface area contributed by atoms with Gasteiger partial charge in [-0.05, 0) is 43.0 Å². The van der Waals surface area contributed by atoms with Crippen molar-refractivity contribution in [3.8, 4) is 5.75 Å². The largest absolute Gasteiger partial charge is 0.479 e. The monoisotopic (exact) mass is 309 g/mol. The highest BCUT2D eigenvalue weighted by Crippen LogP contribution is 2.26. The Kier molecular flexibility index (Phi) is 5.04. The van der Waals surface area contributed by atoms with Crippen molar-refractivity contribution in [2.75, 3.05) is 0 Å². The summed E-state index contributed by atoms with van der Waals surface area (Å²) in [6.45, 7) is 4.18. The quantitative estimate of drug-likeness (QED) is 0.912. The Hall–Kier alpha value is -1.52. The van der Waals surface area contributed by atoms with Crippen LogP contribution in [0.4, 0.5) is 0 Å². The van der Waals surface area contributed by atoms with Gasteiger partial charge in [-0.15, -0.1) is 11.3 Å². The Morgan fingerprint density at radius 3 is 2.95 bits per heavy atom. The van der Waals surface area contributed by atoms with Crippen molar-refractivity contribution in [1.29, 1.82) is 0 Å². The Morgan fingerprint density at radius 2 is 2.25 bits per heavy atom. The lowest BCUT2D eigenvalue weighted by molar-refractivity contribution is -0.127. The molecule has 1 aromatic heterocycles. The molecule has 1 aromatic carbocycles. The molecule has 0 unspecified atom stereocenters. The first-order chi connectivity index (χ1) is 9.56. The molecule has 0 bridgehead atoms. The van der Waals surface area contributed by atoms with Crippen LogP contribution in [0.5, 0.6) is 5.75 Å². The standard InChI is InChI=1S/C15H16ClNO2S/c1-10-5-6-13(16)14(8-10)19-11(2)15(18)17-9-12-4-3-7-20-12/h3-8,11H,9H2,1-2H3,(H,17,18)/t11-/m0/s1. The summed E-state index contributed by atoms with van der Waals surface area (Å²) >= 11 is 7.66. The van der Waals surface area contributed by atoms with Crippen molar-refractivity contribution in [3.63, 3.8) is 0 Å². The van der Waals surface area contributed by atoms with Crippen LogP contribution >= 0.6 is 22.9 Å². The van der Waals surface area contributed by atoms with Crippen LogP contribution in [0.3, 0.4) is 0 Å². The summed E-state index contributed by atoms with van der Waals surface area (Å²) in [6, 6.07) is 9.43. The second kappa shape index (κ2) is 6.77. The Balaban J connectivity index is 1.92. The average molecular weight is 310 g/mol. The molecule has 0 spiro atoms. The van der Waals surface area contributed by atoms with E-state index in [9.17, 15) is 4.79 Å². The van der Waals surface area contributed by atoms with Crippen molar-refractivity contribution in [1.82, 2.24) is 5.32 Å². The van der Waals surface area contributed by atoms with E-state index in [1.165, 1.54) is 0 Å². The topological polar surface area (TPSA) is 38.3 Å². The fourth-order valence-corrected chi connectivity index (χ4v) is 2.48. The summed E-state index contributed by atoms with van der Waals surface area (Å²) in [7, 11) is 0. The number of hydrogen-bond acceptors (Lipinski definition) is 3. The second-order valence-electron chi connectivity index (χ2n) is 4.49. The summed E-state index contributed by atoms with van der Waals surface area (Å²) in [5.41, 5.74) is 1.04. The average Bonchev–Trinajstić information content (AvgIpc) is 2.93. The van der Waals surface area contributed by atoms with Crippen molar-refractivity contribution >= 4 is 28.8 Å². The first-order valence-electron chi connectivity index (χ1n) is 6.29. The highest BCUT2D eigenvalue weighted by Gasteiger charge is 2.16. The third kappa shape index (κ3) is 3.99. The normalized spacial score (nSPS) is 11.9. The molecule has 0 aliphatic heterocycles. The molecule has 0 saturated carbocycles. The zero-order valence-corrected chi connectivity index (χ0v) is 12.9. The van der Waals surface area contributed by atoms with Crippen molar-refractivity contribution < 1.29 is 9.53 Å². The summed E-state index contributed by atoms with van der Waals surface area (Å²) in [6.07, 6.45) is -0.589. The Bertz CT molecular complexity index is 584. The van der Waals surface area contributed by atoms with Crippen LogP contribution < -0.4 is 10.1 Å². The second-order valence-corrected chi connectivity index (χ2v) is 5.93. The van der Waals surface area contributed by atoms with Gasteiger partial charge in [0.2, 0.25) is 0 Å². The van der Waals surface area contributed by atoms with E-state index in [0.29, 0.717) is 17.3 Å². The first kappa shape index (κ1) is 14.9. The smallest absolute Gasteiger partial charge is 0.261 e. The van der Waals surface area contributed by atoms with E-state index in [0.717, 1.165) is 10.4 Å². The molecule has 20 heavy (non-hydrogen) atoms. The Labute approximate surface area is 127 Å². The highest BCUT2D eigenvalue weighted by molar-refractivity contribution is 7.09. The van der Waals surface area contributed by atoms with Gasteiger partial charge in [0.05, 0.1) is 11.6 Å². The number of benzene rings is 1. The number of rotatable bonds is 5. The number of carbonyl (C=O) groups excluding carboxylic acids is 1. The minimum absolute atomic E-state index is 0.157. The number of halogens is 1. The summed E-state index contributed by atoms with van der Waals surface area (Å²) in [5.74, 6) is 0.376. The molecule has 0 aliphatic rings.